The second-order valence-electron chi connectivity index (χ2n) is 7.09. The van der Waals surface area contributed by atoms with Crippen molar-refractivity contribution < 1.29 is 27.9 Å². The fraction of sp³-hybridized carbons (Fsp3) is 0.318. The van der Waals surface area contributed by atoms with E-state index in [1.54, 1.807) is 55.4 Å². The molecule has 0 radical (unpaired) electrons. The number of halogens is 2. The van der Waals surface area contributed by atoms with Gasteiger partial charge >= 0.3 is 0 Å². The molecule has 1 fully saturated rings. The molecule has 0 aromatic heterocycles. The maximum atomic E-state index is 13.1. The van der Waals surface area contributed by atoms with Gasteiger partial charge in [0.15, 0.2) is 6.67 Å². The van der Waals surface area contributed by atoms with E-state index in [4.69, 9.17) is 4.74 Å². The number of nitrogens with zero attached hydrogens (tertiary/aromatic N) is 2. The number of rotatable bonds is 7. The van der Waals surface area contributed by atoms with Crippen LogP contribution in [-0.4, -0.2) is 56.5 Å². The van der Waals surface area contributed by atoms with Gasteiger partial charge in [-0.25, -0.2) is 8.78 Å². The lowest BCUT2D eigenvalue weighted by molar-refractivity contribution is -0.122. The number of ether oxygens (including phenoxy) is 1. The van der Waals surface area contributed by atoms with Gasteiger partial charge in [0.2, 0.25) is 12.3 Å². The quantitative estimate of drug-likeness (QED) is 0.680. The number of hydrogen-bond acceptors (Lipinski definition) is 4. The molecular formula is C22H25F2N3O4. The van der Waals surface area contributed by atoms with E-state index in [0.29, 0.717) is 18.0 Å². The summed E-state index contributed by atoms with van der Waals surface area (Å²) in [4.78, 5) is 35.6. The Morgan fingerprint density at radius 2 is 1.94 bits per heavy atom. The standard InChI is InChI=1S/C19H18F2N2O3.C3H7NO/c20-10-18(24)22-15-9-19(25)23(11-15)16-4-6-17(7-5-16)26-12-13-2-1-3-14(21)8-13;1-4(2)3-5/h1-8,15H,9-12H2,(H,22,24);3H,1-2H3/t15-;/m0./s1. The summed E-state index contributed by atoms with van der Waals surface area (Å²) in [6.07, 6.45) is 0.892. The molecule has 1 saturated heterocycles. The molecule has 1 aliphatic heterocycles. The first-order valence-corrected chi connectivity index (χ1v) is 9.57. The van der Waals surface area contributed by atoms with Gasteiger partial charge in [-0.2, -0.15) is 0 Å². The zero-order valence-corrected chi connectivity index (χ0v) is 17.4. The Labute approximate surface area is 179 Å². The molecule has 1 heterocycles. The van der Waals surface area contributed by atoms with E-state index >= 15 is 0 Å². The number of hydrogen-bond donors (Lipinski definition) is 1. The predicted octanol–water partition coefficient (Wildman–Crippen LogP) is 2.30. The molecule has 1 N–H and O–H groups in total. The summed E-state index contributed by atoms with van der Waals surface area (Å²) in [5, 5.41) is 2.48. The molecule has 0 unspecified atom stereocenters. The lowest BCUT2D eigenvalue weighted by Gasteiger charge is -2.17. The van der Waals surface area contributed by atoms with Crippen molar-refractivity contribution in [2.24, 2.45) is 0 Å². The van der Waals surface area contributed by atoms with E-state index in [-0.39, 0.29) is 24.8 Å². The van der Waals surface area contributed by atoms with Crippen molar-refractivity contribution in [1.29, 1.82) is 0 Å². The van der Waals surface area contributed by atoms with E-state index in [0.717, 1.165) is 12.0 Å². The van der Waals surface area contributed by atoms with Crippen LogP contribution in [0.15, 0.2) is 48.5 Å². The molecule has 0 bridgehead atoms. The van der Waals surface area contributed by atoms with Crippen LogP contribution >= 0.6 is 0 Å². The molecule has 2 aromatic carbocycles. The lowest BCUT2D eigenvalue weighted by Crippen LogP contribution is -2.37. The Bertz CT molecular complexity index is 891. The highest BCUT2D eigenvalue weighted by Gasteiger charge is 2.31. The van der Waals surface area contributed by atoms with Crippen LogP contribution in [0.5, 0.6) is 5.75 Å². The Morgan fingerprint density at radius 3 is 2.52 bits per heavy atom. The first-order chi connectivity index (χ1) is 14.8. The lowest BCUT2D eigenvalue weighted by atomic mass is 10.2. The van der Waals surface area contributed by atoms with Gasteiger partial charge < -0.3 is 19.9 Å². The Morgan fingerprint density at radius 1 is 1.26 bits per heavy atom. The number of carbonyl (C=O) groups excluding carboxylic acids is 3. The van der Waals surface area contributed by atoms with Crippen molar-refractivity contribution >= 4 is 23.9 Å². The van der Waals surface area contributed by atoms with Crippen LogP contribution in [0.1, 0.15) is 12.0 Å². The summed E-state index contributed by atoms with van der Waals surface area (Å²) in [5.74, 6) is -0.580. The van der Waals surface area contributed by atoms with Gasteiger partial charge in [-0.05, 0) is 42.0 Å². The number of amides is 3. The second-order valence-corrected chi connectivity index (χ2v) is 7.09. The minimum atomic E-state index is -1.10. The highest BCUT2D eigenvalue weighted by molar-refractivity contribution is 5.96. The van der Waals surface area contributed by atoms with Gasteiger partial charge in [0.1, 0.15) is 18.2 Å². The van der Waals surface area contributed by atoms with Crippen molar-refractivity contribution in [3.05, 3.63) is 59.9 Å². The number of anilines is 1. The van der Waals surface area contributed by atoms with Gasteiger partial charge in [-0.3, -0.25) is 14.4 Å². The van der Waals surface area contributed by atoms with Gasteiger partial charge in [0.05, 0.1) is 6.04 Å². The van der Waals surface area contributed by atoms with Crippen molar-refractivity contribution in [3.63, 3.8) is 0 Å². The molecule has 0 saturated carbocycles. The molecule has 3 amide bonds. The van der Waals surface area contributed by atoms with E-state index in [1.807, 2.05) is 0 Å². The van der Waals surface area contributed by atoms with Gasteiger partial charge in [-0.15, -0.1) is 0 Å². The van der Waals surface area contributed by atoms with E-state index < -0.39 is 18.6 Å². The van der Waals surface area contributed by atoms with Crippen LogP contribution in [0, 0.1) is 5.82 Å². The van der Waals surface area contributed by atoms with E-state index in [2.05, 4.69) is 5.32 Å². The van der Waals surface area contributed by atoms with Crippen molar-refractivity contribution in [2.75, 3.05) is 32.2 Å². The van der Waals surface area contributed by atoms with Crippen LogP contribution < -0.4 is 15.0 Å². The summed E-state index contributed by atoms with van der Waals surface area (Å²) < 4.78 is 31.0. The number of nitrogens with one attached hydrogen (secondary N) is 1. The molecular weight excluding hydrogens is 408 g/mol. The minimum Gasteiger partial charge on any atom is -0.489 e. The Hall–Kier alpha value is -3.49. The maximum absolute atomic E-state index is 13.1. The van der Waals surface area contributed by atoms with E-state index in [9.17, 15) is 23.2 Å². The predicted molar refractivity (Wildman–Crippen MR) is 112 cm³/mol. The highest BCUT2D eigenvalue weighted by Crippen LogP contribution is 2.24. The average Bonchev–Trinajstić information content (AvgIpc) is 3.12. The molecule has 0 aliphatic carbocycles. The van der Waals surface area contributed by atoms with Crippen molar-refractivity contribution in [2.45, 2.75) is 19.1 Å². The fourth-order valence-corrected chi connectivity index (χ4v) is 2.84. The highest BCUT2D eigenvalue weighted by atomic mass is 19.1. The molecule has 3 rings (SSSR count). The molecule has 1 aliphatic rings. The SMILES string of the molecule is CN(C)C=O.O=C(CF)N[C@H]1CC(=O)N(c2ccc(OCc3cccc(F)c3)cc2)C1. The van der Waals surface area contributed by atoms with Crippen LogP contribution in [0.2, 0.25) is 0 Å². The maximum Gasteiger partial charge on any atom is 0.251 e. The summed E-state index contributed by atoms with van der Waals surface area (Å²) >= 11 is 0. The fourth-order valence-electron chi connectivity index (χ4n) is 2.84. The molecule has 1 atom stereocenters. The molecule has 9 heteroatoms. The summed E-state index contributed by atoms with van der Waals surface area (Å²) in [6, 6.07) is 12.7. The Kier molecular flexibility index (Phi) is 8.93. The normalized spacial score (nSPS) is 15.0. The minimum absolute atomic E-state index is 0.136. The summed E-state index contributed by atoms with van der Waals surface area (Å²) in [6.45, 7) is -0.562. The van der Waals surface area contributed by atoms with Crippen LogP contribution in [-0.2, 0) is 21.0 Å². The third kappa shape index (κ3) is 7.69. The zero-order chi connectivity index (χ0) is 22.8. The van der Waals surface area contributed by atoms with Gasteiger partial charge in [0, 0.05) is 32.7 Å². The van der Waals surface area contributed by atoms with Crippen LogP contribution in [0.25, 0.3) is 0 Å². The number of alkyl halides is 1. The molecule has 2 aromatic rings. The van der Waals surface area contributed by atoms with Crippen LogP contribution in [0.4, 0.5) is 14.5 Å². The molecule has 31 heavy (non-hydrogen) atoms. The number of carbonyl (C=O) groups is 3. The third-order valence-corrected chi connectivity index (χ3v) is 4.27. The van der Waals surface area contributed by atoms with Crippen molar-refractivity contribution in [1.82, 2.24) is 10.2 Å². The topological polar surface area (TPSA) is 79.0 Å². The van der Waals surface area contributed by atoms with Gasteiger partial charge in [0.25, 0.3) is 5.91 Å². The average molecular weight is 433 g/mol. The first kappa shape index (κ1) is 23.8. The zero-order valence-electron chi connectivity index (χ0n) is 17.4. The first-order valence-electron chi connectivity index (χ1n) is 9.57. The smallest absolute Gasteiger partial charge is 0.251 e. The second kappa shape index (κ2) is 11.6. The summed E-state index contributed by atoms with van der Waals surface area (Å²) in [5.41, 5.74) is 1.39. The largest absolute Gasteiger partial charge is 0.489 e. The third-order valence-electron chi connectivity index (χ3n) is 4.27. The monoisotopic (exact) mass is 433 g/mol. The van der Waals surface area contributed by atoms with Crippen LogP contribution in [0.3, 0.4) is 0 Å². The van der Waals surface area contributed by atoms with Gasteiger partial charge in [-0.1, -0.05) is 12.1 Å². The number of benzene rings is 2. The molecule has 0 spiro atoms. The molecule has 166 valence electrons. The Balaban J connectivity index is 0.000000614. The van der Waals surface area contributed by atoms with E-state index in [1.165, 1.54) is 17.0 Å². The molecule has 7 nitrogen and oxygen atoms in total. The van der Waals surface area contributed by atoms with Crippen molar-refractivity contribution in [3.8, 4) is 5.75 Å². The summed E-state index contributed by atoms with van der Waals surface area (Å²) in [7, 11) is 3.38.